The number of aromatic nitrogens is 1. The minimum absolute atomic E-state index is 0.0512. The Balaban J connectivity index is 2.04. The minimum Gasteiger partial charge on any atom is -0.357 e. The average Bonchev–Trinajstić information content (AvgIpc) is 3.04. The van der Waals surface area contributed by atoms with Gasteiger partial charge in [0.05, 0.1) is 5.56 Å². The Morgan fingerprint density at radius 2 is 2.31 bits per heavy atom. The summed E-state index contributed by atoms with van der Waals surface area (Å²) in [5.41, 5.74) is 1.49. The van der Waals surface area contributed by atoms with Gasteiger partial charge in [-0.05, 0) is 18.9 Å². The maximum absolute atomic E-state index is 11.6. The fourth-order valence-corrected chi connectivity index (χ4v) is 2.25. The van der Waals surface area contributed by atoms with Crippen molar-refractivity contribution in [2.45, 2.75) is 25.4 Å². The monoisotopic (exact) mass is 237 g/mol. The second-order valence-electron chi connectivity index (χ2n) is 4.32. The van der Waals surface area contributed by atoms with E-state index in [0.29, 0.717) is 23.3 Å². The van der Waals surface area contributed by atoms with Gasteiger partial charge < -0.3 is 10.2 Å². The zero-order valence-electron chi connectivity index (χ0n) is 8.96. The molecular weight excluding hydrogens is 226 g/mol. The van der Waals surface area contributed by atoms with Gasteiger partial charge in [0.15, 0.2) is 0 Å². The summed E-state index contributed by atoms with van der Waals surface area (Å²) < 4.78 is 0. The summed E-state index contributed by atoms with van der Waals surface area (Å²) in [5.74, 6) is 0.744. The van der Waals surface area contributed by atoms with Gasteiger partial charge in [-0.2, -0.15) is 0 Å². The molecule has 1 fully saturated rings. The number of pyridine rings is 1. The summed E-state index contributed by atoms with van der Waals surface area (Å²) in [6, 6.07) is 2.40. The molecule has 1 saturated carbocycles. The summed E-state index contributed by atoms with van der Waals surface area (Å²) in [4.78, 5) is 18.0. The predicted molar refractivity (Wildman–Crippen MR) is 61.8 cm³/mol. The fraction of sp³-hybridized carbons (Fsp3) is 0.455. The number of hydrogen-bond acceptors (Lipinski definition) is 3. The number of amides is 1. The number of carbonyl (C=O) groups excluding carboxylic acids is 1. The van der Waals surface area contributed by atoms with Crippen molar-refractivity contribution in [3.8, 4) is 0 Å². The topological polar surface area (TPSA) is 45.2 Å². The Morgan fingerprint density at radius 3 is 3.00 bits per heavy atom. The molecule has 0 atom stereocenters. The van der Waals surface area contributed by atoms with Crippen molar-refractivity contribution in [1.82, 2.24) is 10.3 Å². The maximum atomic E-state index is 11.6. The normalized spacial score (nSPS) is 18.2. The Labute approximate surface area is 98.6 Å². The molecule has 5 heteroatoms. The lowest BCUT2D eigenvalue weighted by Crippen LogP contribution is -2.21. The number of rotatable bonds is 2. The van der Waals surface area contributed by atoms with Crippen LogP contribution in [0.15, 0.2) is 6.07 Å². The number of fused-ring (bicyclic) bond motifs is 1. The first-order chi connectivity index (χ1) is 7.66. The molecule has 0 unspecified atom stereocenters. The molecule has 0 spiro atoms. The van der Waals surface area contributed by atoms with Crippen LogP contribution in [0, 0.1) is 0 Å². The van der Waals surface area contributed by atoms with Crippen LogP contribution in [0.4, 0.5) is 5.82 Å². The van der Waals surface area contributed by atoms with Crippen LogP contribution in [-0.4, -0.2) is 24.0 Å². The third kappa shape index (κ3) is 1.45. The highest BCUT2D eigenvalue weighted by atomic mass is 35.5. The Hall–Kier alpha value is -1.29. The zero-order valence-corrected chi connectivity index (χ0v) is 9.71. The summed E-state index contributed by atoms with van der Waals surface area (Å²) >= 11 is 6.08. The molecule has 1 N–H and O–H groups in total. The van der Waals surface area contributed by atoms with E-state index in [1.807, 2.05) is 13.1 Å². The number of nitrogens with one attached hydrogen (secondary N) is 1. The standard InChI is InChI=1S/C11H12ClN3O/c1-15(6-2-3-6)9-4-7-8(10(12)14-9)5-13-11(7)16/h4,6H,2-3,5H2,1H3,(H,13,16). The molecule has 4 nitrogen and oxygen atoms in total. The highest BCUT2D eigenvalue weighted by molar-refractivity contribution is 6.31. The van der Waals surface area contributed by atoms with E-state index in [4.69, 9.17) is 11.6 Å². The fourth-order valence-electron chi connectivity index (χ4n) is 1.99. The van der Waals surface area contributed by atoms with Gasteiger partial charge >= 0.3 is 0 Å². The van der Waals surface area contributed by atoms with Gasteiger partial charge in [0.25, 0.3) is 5.91 Å². The SMILES string of the molecule is CN(c1cc2c(c(Cl)n1)CNC2=O)C1CC1. The van der Waals surface area contributed by atoms with Crippen LogP contribution >= 0.6 is 11.6 Å². The minimum atomic E-state index is -0.0512. The van der Waals surface area contributed by atoms with Gasteiger partial charge in [-0.25, -0.2) is 4.98 Å². The van der Waals surface area contributed by atoms with Gasteiger partial charge in [-0.1, -0.05) is 11.6 Å². The smallest absolute Gasteiger partial charge is 0.252 e. The van der Waals surface area contributed by atoms with Crippen molar-refractivity contribution in [3.63, 3.8) is 0 Å². The van der Waals surface area contributed by atoms with E-state index in [2.05, 4.69) is 15.2 Å². The van der Waals surface area contributed by atoms with Crippen molar-refractivity contribution < 1.29 is 4.79 Å². The Morgan fingerprint density at radius 1 is 1.56 bits per heavy atom. The van der Waals surface area contributed by atoms with Gasteiger partial charge in [-0.3, -0.25) is 4.79 Å². The molecule has 1 aliphatic heterocycles. The van der Waals surface area contributed by atoms with E-state index in [-0.39, 0.29) is 5.91 Å². The summed E-state index contributed by atoms with van der Waals surface area (Å²) in [6.45, 7) is 0.493. The molecule has 1 amide bonds. The number of anilines is 1. The van der Waals surface area contributed by atoms with E-state index in [9.17, 15) is 4.79 Å². The summed E-state index contributed by atoms with van der Waals surface area (Å²) in [7, 11) is 2.00. The van der Waals surface area contributed by atoms with Crippen molar-refractivity contribution in [2.24, 2.45) is 0 Å². The molecular formula is C11H12ClN3O. The second-order valence-corrected chi connectivity index (χ2v) is 4.68. The number of nitrogens with zero attached hydrogens (tertiary/aromatic N) is 2. The largest absolute Gasteiger partial charge is 0.357 e. The molecule has 0 radical (unpaired) electrons. The first-order valence-corrected chi connectivity index (χ1v) is 5.75. The van der Waals surface area contributed by atoms with E-state index in [1.54, 1.807) is 0 Å². The Kier molecular flexibility index (Phi) is 2.07. The van der Waals surface area contributed by atoms with Crippen molar-refractivity contribution in [2.75, 3.05) is 11.9 Å². The molecule has 84 valence electrons. The molecule has 2 aliphatic rings. The first kappa shape index (κ1) is 9.90. The van der Waals surface area contributed by atoms with E-state index in [1.165, 1.54) is 12.8 Å². The third-order valence-electron chi connectivity index (χ3n) is 3.19. The summed E-state index contributed by atoms with van der Waals surface area (Å²) in [5, 5.41) is 3.20. The van der Waals surface area contributed by atoms with Crippen molar-refractivity contribution in [3.05, 3.63) is 22.3 Å². The lowest BCUT2D eigenvalue weighted by Gasteiger charge is -2.18. The molecule has 1 aliphatic carbocycles. The Bertz CT molecular complexity index is 471. The quantitative estimate of drug-likeness (QED) is 0.795. The average molecular weight is 238 g/mol. The van der Waals surface area contributed by atoms with E-state index >= 15 is 0 Å². The molecule has 2 heterocycles. The van der Waals surface area contributed by atoms with E-state index in [0.717, 1.165) is 11.4 Å². The van der Waals surface area contributed by atoms with Crippen LogP contribution in [0.5, 0.6) is 0 Å². The van der Waals surface area contributed by atoms with Crippen molar-refractivity contribution in [1.29, 1.82) is 0 Å². The van der Waals surface area contributed by atoms with Crippen LogP contribution in [0.1, 0.15) is 28.8 Å². The van der Waals surface area contributed by atoms with Crippen LogP contribution < -0.4 is 10.2 Å². The molecule has 0 aromatic carbocycles. The molecule has 16 heavy (non-hydrogen) atoms. The van der Waals surface area contributed by atoms with Crippen LogP contribution in [-0.2, 0) is 6.54 Å². The van der Waals surface area contributed by atoms with Gasteiger partial charge in [0.1, 0.15) is 11.0 Å². The lowest BCUT2D eigenvalue weighted by molar-refractivity contribution is 0.0966. The van der Waals surface area contributed by atoms with Crippen LogP contribution in [0.25, 0.3) is 0 Å². The van der Waals surface area contributed by atoms with Crippen molar-refractivity contribution >= 4 is 23.3 Å². The highest BCUT2D eigenvalue weighted by Crippen LogP contribution is 2.32. The molecule has 1 aromatic heterocycles. The van der Waals surface area contributed by atoms with Gasteiger partial charge in [0, 0.05) is 25.2 Å². The van der Waals surface area contributed by atoms with E-state index < -0.39 is 0 Å². The second kappa shape index (κ2) is 3.35. The molecule has 0 bridgehead atoms. The predicted octanol–water partition coefficient (Wildman–Crippen LogP) is 1.58. The number of carbonyl (C=O) groups is 1. The first-order valence-electron chi connectivity index (χ1n) is 5.37. The van der Waals surface area contributed by atoms with Crippen LogP contribution in [0.3, 0.4) is 0 Å². The number of halogens is 1. The molecule has 1 aromatic rings. The third-order valence-corrected chi connectivity index (χ3v) is 3.50. The number of hydrogen-bond donors (Lipinski definition) is 1. The highest BCUT2D eigenvalue weighted by Gasteiger charge is 2.30. The zero-order chi connectivity index (χ0) is 11.3. The molecule has 0 saturated heterocycles. The maximum Gasteiger partial charge on any atom is 0.252 e. The lowest BCUT2D eigenvalue weighted by atomic mass is 10.2. The van der Waals surface area contributed by atoms with Gasteiger partial charge in [-0.15, -0.1) is 0 Å². The van der Waals surface area contributed by atoms with Gasteiger partial charge in [0.2, 0.25) is 0 Å². The van der Waals surface area contributed by atoms with Crippen LogP contribution in [0.2, 0.25) is 5.15 Å². The summed E-state index contributed by atoms with van der Waals surface area (Å²) in [6.07, 6.45) is 2.39. The molecule has 3 rings (SSSR count).